The van der Waals surface area contributed by atoms with Gasteiger partial charge in [0.05, 0.1) is 16.6 Å². The zero-order valence-corrected chi connectivity index (χ0v) is 22.1. The normalized spacial score (nSPS) is 16.9. The molecule has 0 spiro atoms. The van der Waals surface area contributed by atoms with E-state index in [0.29, 0.717) is 18.6 Å². The topological polar surface area (TPSA) is 47.4 Å². The molecule has 2 fully saturated rings. The van der Waals surface area contributed by atoms with Crippen LogP contribution in [0.2, 0.25) is 0 Å². The van der Waals surface area contributed by atoms with E-state index in [4.69, 9.17) is 9.72 Å². The van der Waals surface area contributed by atoms with E-state index in [2.05, 4.69) is 15.5 Å². The predicted octanol–water partition coefficient (Wildman–Crippen LogP) is 7.99. The molecule has 38 heavy (non-hydrogen) atoms. The molecular weight excluding hydrogens is 470 g/mol. The van der Waals surface area contributed by atoms with E-state index in [1.807, 2.05) is 72.8 Å². The molecule has 1 heterocycles. The second kappa shape index (κ2) is 11.4. The Kier molecular flexibility index (Phi) is 7.43. The van der Waals surface area contributed by atoms with Gasteiger partial charge < -0.3 is 14.2 Å². The number of nitrogens with zero attached hydrogens (tertiary/aromatic N) is 3. The average Bonchev–Trinajstić information content (AvgIpc) is 3.33. The highest BCUT2D eigenvalue weighted by Crippen LogP contribution is 2.36. The molecule has 0 aliphatic heterocycles. The summed E-state index contributed by atoms with van der Waals surface area (Å²) in [4.78, 5) is 21.6. The summed E-state index contributed by atoms with van der Waals surface area (Å²) in [5, 5.41) is 0. The summed E-state index contributed by atoms with van der Waals surface area (Å²) < 4.78 is 8.42. The van der Waals surface area contributed by atoms with Crippen LogP contribution in [0, 0.1) is 0 Å². The minimum atomic E-state index is 0.231. The van der Waals surface area contributed by atoms with Crippen molar-refractivity contribution in [3.05, 3.63) is 78.9 Å². The Bertz CT molecular complexity index is 1350. The van der Waals surface area contributed by atoms with Crippen molar-refractivity contribution in [1.82, 2.24) is 14.5 Å². The molecule has 0 unspecified atom stereocenters. The molecule has 0 saturated heterocycles. The van der Waals surface area contributed by atoms with E-state index >= 15 is 0 Å². The van der Waals surface area contributed by atoms with Crippen LogP contribution < -0.4 is 4.74 Å². The van der Waals surface area contributed by atoms with Crippen LogP contribution in [0.3, 0.4) is 0 Å². The average molecular weight is 508 g/mol. The molecule has 6 rings (SSSR count). The fraction of sp³-hybridized carbons (Fsp3) is 0.394. The number of hydrogen-bond acceptors (Lipinski definition) is 3. The third-order valence-corrected chi connectivity index (χ3v) is 8.27. The van der Waals surface area contributed by atoms with Crippen LogP contribution in [0.25, 0.3) is 22.4 Å². The highest BCUT2D eigenvalue weighted by Gasteiger charge is 2.33. The molecule has 2 saturated carbocycles. The summed E-state index contributed by atoms with van der Waals surface area (Å²) in [6, 6.07) is 26.7. The first kappa shape index (κ1) is 24.7. The van der Waals surface area contributed by atoms with Crippen molar-refractivity contribution in [2.45, 2.75) is 82.8 Å². The van der Waals surface area contributed by atoms with Gasteiger partial charge in [0.15, 0.2) is 0 Å². The van der Waals surface area contributed by atoms with Crippen LogP contribution in [0.15, 0.2) is 78.9 Å². The number of hydrogen-bond donors (Lipinski definition) is 0. The van der Waals surface area contributed by atoms with Gasteiger partial charge >= 0.3 is 0 Å². The number of ether oxygens (including phenoxy) is 1. The number of carbonyl (C=O) groups is 1. The summed E-state index contributed by atoms with van der Waals surface area (Å²) in [5.41, 5.74) is 2.77. The van der Waals surface area contributed by atoms with E-state index in [0.717, 1.165) is 59.6 Å². The lowest BCUT2D eigenvalue weighted by molar-refractivity contribution is -0.138. The molecule has 0 bridgehead atoms. The van der Waals surface area contributed by atoms with E-state index in [9.17, 15) is 4.79 Å². The molecule has 3 aromatic carbocycles. The minimum absolute atomic E-state index is 0.231. The number of amides is 1. The third kappa shape index (κ3) is 5.20. The van der Waals surface area contributed by atoms with Crippen molar-refractivity contribution in [3.8, 4) is 22.9 Å². The van der Waals surface area contributed by atoms with Crippen LogP contribution in [0.1, 0.15) is 64.2 Å². The number of rotatable bonds is 7. The zero-order valence-electron chi connectivity index (χ0n) is 22.1. The van der Waals surface area contributed by atoms with Gasteiger partial charge in [-0.15, -0.1) is 0 Å². The van der Waals surface area contributed by atoms with Gasteiger partial charge in [0.25, 0.3) is 0 Å². The van der Waals surface area contributed by atoms with Crippen molar-refractivity contribution in [1.29, 1.82) is 0 Å². The Morgan fingerprint density at radius 3 is 2.08 bits per heavy atom. The van der Waals surface area contributed by atoms with Gasteiger partial charge in [0.2, 0.25) is 5.91 Å². The Morgan fingerprint density at radius 2 is 1.37 bits per heavy atom. The zero-order chi connectivity index (χ0) is 25.7. The maximum absolute atomic E-state index is 14.3. The monoisotopic (exact) mass is 507 g/mol. The van der Waals surface area contributed by atoms with E-state index in [-0.39, 0.29) is 5.91 Å². The molecule has 4 aromatic rings. The first-order valence-electron chi connectivity index (χ1n) is 14.4. The number of aromatic nitrogens is 2. The Hall–Kier alpha value is -3.60. The molecule has 1 aromatic heterocycles. The summed E-state index contributed by atoms with van der Waals surface area (Å²) >= 11 is 0. The standard InChI is InChI=1S/C33H37N3O2/c37-32(36(25-14-4-1-5-15-25)26-16-6-2-7-17-26)24-35-30-22-12-11-21-29(30)34-33(35)28-20-10-13-23-31(28)38-27-18-8-3-9-19-27/h3,8-13,18-23,25-26H,1-2,4-7,14-17,24H2. The van der Waals surface area contributed by atoms with Crippen molar-refractivity contribution in [3.63, 3.8) is 0 Å². The van der Waals surface area contributed by atoms with Crippen LogP contribution in [-0.4, -0.2) is 32.4 Å². The molecule has 196 valence electrons. The fourth-order valence-electron chi connectivity index (χ4n) is 6.44. The highest BCUT2D eigenvalue weighted by atomic mass is 16.5. The van der Waals surface area contributed by atoms with Crippen LogP contribution >= 0.6 is 0 Å². The van der Waals surface area contributed by atoms with Crippen molar-refractivity contribution in [2.75, 3.05) is 0 Å². The molecule has 5 heteroatoms. The predicted molar refractivity (Wildman–Crippen MR) is 152 cm³/mol. The second-order valence-electron chi connectivity index (χ2n) is 10.8. The minimum Gasteiger partial charge on any atom is -0.457 e. The second-order valence-corrected chi connectivity index (χ2v) is 10.8. The first-order valence-corrected chi connectivity index (χ1v) is 14.4. The van der Waals surface area contributed by atoms with Crippen LogP contribution in [-0.2, 0) is 11.3 Å². The maximum atomic E-state index is 14.3. The number of imidazole rings is 1. The number of fused-ring (bicyclic) bond motifs is 1. The molecule has 0 N–H and O–H groups in total. The summed E-state index contributed by atoms with van der Waals surface area (Å²) in [6.07, 6.45) is 12.0. The molecular formula is C33H37N3O2. The molecule has 0 radical (unpaired) electrons. The Morgan fingerprint density at radius 1 is 0.763 bits per heavy atom. The first-order chi connectivity index (χ1) is 18.8. The molecule has 5 nitrogen and oxygen atoms in total. The summed E-state index contributed by atoms with van der Waals surface area (Å²) in [6.45, 7) is 0.294. The van der Waals surface area contributed by atoms with E-state index in [1.54, 1.807) is 0 Å². The molecule has 1 amide bonds. The lowest BCUT2D eigenvalue weighted by Gasteiger charge is -2.42. The third-order valence-electron chi connectivity index (χ3n) is 8.27. The highest BCUT2D eigenvalue weighted by molar-refractivity contribution is 5.85. The number of para-hydroxylation sites is 4. The van der Waals surface area contributed by atoms with Gasteiger partial charge in [-0.25, -0.2) is 4.98 Å². The lowest BCUT2D eigenvalue weighted by atomic mass is 9.88. The SMILES string of the molecule is O=C(Cn1c(-c2ccccc2Oc2ccccc2)nc2ccccc21)N(C1CCCCC1)C1CCCCC1. The van der Waals surface area contributed by atoms with Gasteiger partial charge in [-0.2, -0.15) is 0 Å². The van der Waals surface area contributed by atoms with Crippen LogP contribution in [0.4, 0.5) is 0 Å². The molecule has 2 aliphatic carbocycles. The van der Waals surface area contributed by atoms with Gasteiger partial charge in [-0.05, 0) is 62.1 Å². The van der Waals surface area contributed by atoms with Crippen molar-refractivity contribution in [2.24, 2.45) is 0 Å². The largest absolute Gasteiger partial charge is 0.457 e. The van der Waals surface area contributed by atoms with Crippen molar-refractivity contribution < 1.29 is 9.53 Å². The lowest BCUT2D eigenvalue weighted by Crippen LogP contribution is -2.50. The Balaban J connectivity index is 1.38. The van der Waals surface area contributed by atoms with E-state index in [1.165, 1.54) is 38.5 Å². The summed E-state index contributed by atoms with van der Waals surface area (Å²) in [7, 11) is 0. The maximum Gasteiger partial charge on any atom is 0.243 e. The number of carbonyl (C=O) groups excluding carboxylic acids is 1. The summed E-state index contributed by atoms with van der Waals surface area (Å²) in [5.74, 6) is 2.52. The quantitative estimate of drug-likeness (QED) is 0.255. The smallest absolute Gasteiger partial charge is 0.243 e. The molecule has 2 aliphatic rings. The van der Waals surface area contributed by atoms with Gasteiger partial charge in [0.1, 0.15) is 23.9 Å². The number of benzene rings is 3. The van der Waals surface area contributed by atoms with E-state index < -0.39 is 0 Å². The van der Waals surface area contributed by atoms with Crippen molar-refractivity contribution >= 4 is 16.9 Å². The Labute approximate surface area is 225 Å². The van der Waals surface area contributed by atoms with Crippen LogP contribution in [0.5, 0.6) is 11.5 Å². The van der Waals surface area contributed by atoms with Gasteiger partial charge in [-0.3, -0.25) is 4.79 Å². The van der Waals surface area contributed by atoms with Gasteiger partial charge in [0, 0.05) is 12.1 Å². The fourth-order valence-corrected chi connectivity index (χ4v) is 6.44. The van der Waals surface area contributed by atoms with Gasteiger partial charge in [-0.1, -0.05) is 81.0 Å². The molecule has 0 atom stereocenters.